The molecule has 2 saturated heterocycles. The number of nitrogens with zero attached hydrogens (tertiary/aromatic N) is 2. The molecule has 1 N–H and O–H groups in total. The standard InChI is InChI=1S/C14H16F3N3O2/c15-14(16,17)13-5-10(20(21)22)2-1-9(13)8-19-11-3-4-12(19)7-18-6-11/h1-2,5,11-12,18H,3-4,6-8H2. The van der Waals surface area contributed by atoms with Crippen molar-refractivity contribution in [2.24, 2.45) is 0 Å². The summed E-state index contributed by atoms with van der Waals surface area (Å²) < 4.78 is 39.6. The van der Waals surface area contributed by atoms with E-state index in [1.165, 1.54) is 6.07 Å². The number of nitro benzene ring substituents is 1. The molecule has 2 heterocycles. The van der Waals surface area contributed by atoms with Crippen LogP contribution < -0.4 is 5.32 Å². The fourth-order valence-electron chi connectivity index (χ4n) is 3.40. The molecule has 3 rings (SSSR count). The summed E-state index contributed by atoms with van der Waals surface area (Å²) in [6.07, 6.45) is -2.63. The zero-order valence-corrected chi connectivity index (χ0v) is 11.8. The van der Waals surface area contributed by atoms with Crippen LogP contribution in [0.4, 0.5) is 18.9 Å². The van der Waals surface area contributed by atoms with Crippen molar-refractivity contribution in [2.45, 2.75) is 37.6 Å². The van der Waals surface area contributed by atoms with Gasteiger partial charge in [-0.2, -0.15) is 13.2 Å². The third-order valence-electron chi connectivity index (χ3n) is 4.49. The first kappa shape index (κ1) is 15.2. The molecule has 2 aliphatic heterocycles. The number of piperazine rings is 1. The van der Waals surface area contributed by atoms with Gasteiger partial charge in [-0.25, -0.2) is 0 Å². The number of hydrogen-bond acceptors (Lipinski definition) is 4. The molecule has 1 aromatic carbocycles. The highest BCUT2D eigenvalue weighted by Gasteiger charge is 2.39. The highest BCUT2D eigenvalue weighted by molar-refractivity contribution is 5.41. The van der Waals surface area contributed by atoms with Gasteiger partial charge in [0.2, 0.25) is 0 Å². The lowest BCUT2D eigenvalue weighted by molar-refractivity contribution is -0.385. The van der Waals surface area contributed by atoms with Crippen LogP contribution in [0.25, 0.3) is 0 Å². The zero-order valence-electron chi connectivity index (χ0n) is 11.8. The fourth-order valence-corrected chi connectivity index (χ4v) is 3.40. The molecule has 0 radical (unpaired) electrons. The van der Waals surface area contributed by atoms with Crippen LogP contribution in [0.15, 0.2) is 18.2 Å². The van der Waals surface area contributed by atoms with Crippen molar-refractivity contribution in [3.8, 4) is 0 Å². The van der Waals surface area contributed by atoms with Gasteiger partial charge < -0.3 is 5.32 Å². The van der Waals surface area contributed by atoms with E-state index in [0.717, 1.165) is 32.0 Å². The highest BCUT2D eigenvalue weighted by atomic mass is 19.4. The molecule has 2 fully saturated rings. The number of alkyl halides is 3. The quantitative estimate of drug-likeness (QED) is 0.688. The number of hydrogen-bond donors (Lipinski definition) is 1. The minimum Gasteiger partial charge on any atom is -0.314 e. The van der Waals surface area contributed by atoms with Crippen LogP contribution in [-0.2, 0) is 12.7 Å². The van der Waals surface area contributed by atoms with Gasteiger partial charge in [0.1, 0.15) is 0 Å². The van der Waals surface area contributed by atoms with Crippen LogP contribution in [-0.4, -0.2) is 35.0 Å². The Hall–Kier alpha value is -1.67. The third-order valence-corrected chi connectivity index (χ3v) is 4.49. The van der Waals surface area contributed by atoms with Crippen LogP contribution in [0.1, 0.15) is 24.0 Å². The lowest BCUT2D eigenvalue weighted by atomic mass is 10.0. The summed E-state index contributed by atoms with van der Waals surface area (Å²) >= 11 is 0. The van der Waals surface area contributed by atoms with Crippen molar-refractivity contribution < 1.29 is 18.1 Å². The van der Waals surface area contributed by atoms with Crippen LogP contribution in [0.5, 0.6) is 0 Å². The Bertz CT molecular complexity index is 575. The Balaban J connectivity index is 1.91. The molecular formula is C14H16F3N3O2. The number of halogens is 3. The van der Waals surface area contributed by atoms with Gasteiger partial charge in [-0.1, -0.05) is 6.07 Å². The zero-order chi connectivity index (χ0) is 15.9. The summed E-state index contributed by atoms with van der Waals surface area (Å²) in [7, 11) is 0. The Morgan fingerprint density at radius 3 is 2.45 bits per heavy atom. The Labute approximate surface area is 125 Å². The number of fused-ring (bicyclic) bond motifs is 2. The van der Waals surface area contributed by atoms with Crippen molar-refractivity contribution in [3.63, 3.8) is 0 Å². The minimum absolute atomic E-state index is 0.108. The van der Waals surface area contributed by atoms with Gasteiger partial charge in [0.25, 0.3) is 5.69 Å². The second kappa shape index (κ2) is 5.51. The third kappa shape index (κ3) is 2.80. The average Bonchev–Trinajstić information content (AvgIpc) is 2.68. The first-order valence-corrected chi connectivity index (χ1v) is 7.17. The van der Waals surface area contributed by atoms with Crippen molar-refractivity contribution in [1.29, 1.82) is 0 Å². The molecule has 120 valence electrons. The van der Waals surface area contributed by atoms with Crippen LogP contribution in [0, 0.1) is 10.1 Å². The Morgan fingerprint density at radius 2 is 1.91 bits per heavy atom. The normalized spacial score (nSPS) is 25.4. The number of nitrogens with one attached hydrogen (secondary N) is 1. The van der Waals surface area contributed by atoms with Crippen LogP contribution in [0.2, 0.25) is 0 Å². The first-order valence-electron chi connectivity index (χ1n) is 7.17. The largest absolute Gasteiger partial charge is 0.416 e. The topological polar surface area (TPSA) is 58.4 Å². The van der Waals surface area contributed by atoms with Crippen molar-refractivity contribution in [1.82, 2.24) is 10.2 Å². The smallest absolute Gasteiger partial charge is 0.314 e. The summed E-state index contributed by atoms with van der Waals surface area (Å²) in [6, 6.07) is 3.52. The van der Waals surface area contributed by atoms with Gasteiger partial charge in [-0.15, -0.1) is 0 Å². The molecule has 0 aromatic heterocycles. The van der Waals surface area contributed by atoms with E-state index in [1.807, 2.05) is 0 Å². The molecule has 22 heavy (non-hydrogen) atoms. The molecule has 0 saturated carbocycles. The van der Waals surface area contributed by atoms with Crippen molar-refractivity contribution in [2.75, 3.05) is 13.1 Å². The summed E-state index contributed by atoms with van der Waals surface area (Å²) in [5.41, 5.74) is -1.32. The number of benzene rings is 1. The van der Waals surface area contributed by atoms with Crippen molar-refractivity contribution >= 4 is 5.69 Å². The molecular weight excluding hydrogens is 299 g/mol. The number of rotatable bonds is 3. The van der Waals surface area contributed by atoms with E-state index >= 15 is 0 Å². The van der Waals surface area contributed by atoms with E-state index in [4.69, 9.17) is 0 Å². The first-order chi connectivity index (χ1) is 10.4. The second-order valence-electron chi connectivity index (χ2n) is 5.81. The van der Waals surface area contributed by atoms with Gasteiger partial charge in [0, 0.05) is 43.9 Å². The maximum absolute atomic E-state index is 13.2. The highest BCUT2D eigenvalue weighted by Crippen LogP contribution is 2.37. The Kier molecular flexibility index (Phi) is 3.82. The SMILES string of the molecule is O=[N+]([O-])c1ccc(CN2C3CCC2CNC3)c(C(F)(F)F)c1. The molecule has 2 aliphatic rings. The van der Waals surface area contributed by atoms with Crippen molar-refractivity contribution in [3.05, 3.63) is 39.4 Å². The van der Waals surface area contributed by atoms with E-state index in [-0.39, 0.29) is 24.2 Å². The van der Waals surface area contributed by atoms with Gasteiger partial charge in [-0.3, -0.25) is 15.0 Å². The molecule has 0 amide bonds. The summed E-state index contributed by atoms with van der Waals surface area (Å²) in [5.74, 6) is 0. The molecule has 1 aromatic rings. The monoisotopic (exact) mass is 315 g/mol. The molecule has 2 bridgehead atoms. The fraction of sp³-hybridized carbons (Fsp3) is 0.571. The maximum atomic E-state index is 13.2. The molecule has 5 nitrogen and oxygen atoms in total. The van der Waals surface area contributed by atoms with E-state index < -0.39 is 22.4 Å². The van der Waals surface area contributed by atoms with E-state index in [0.29, 0.717) is 6.07 Å². The molecule has 0 spiro atoms. The van der Waals surface area contributed by atoms with Gasteiger partial charge >= 0.3 is 6.18 Å². The van der Waals surface area contributed by atoms with E-state index in [1.54, 1.807) is 0 Å². The Morgan fingerprint density at radius 1 is 1.27 bits per heavy atom. The van der Waals surface area contributed by atoms with E-state index in [9.17, 15) is 23.3 Å². The maximum Gasteiger partial charge on any atom is 0.416 e. The molecule has 8 heteroatoms. The van der Waals surface area contributed by atoms with Gasteiger partial charge in [-0.05, 0) is 18.4 Å². The number of nitro groups is 1. The predicted octanol–water partition coefficient (Wildman–Crippen LogP) is 2.55. The summed E-state index contributed by atoms with van der Waals surface area (Å²) in [5, 5.41) is 14.0. The second-order valence-corrected chi connectivity index (χ2v) is 5.81. The number of non-ortho nitro benzene ring substituents is 1. The molecule has 0 aliphatic carbocycles. The summed E-state index contributed by atoms with van der Waals surface area (Å²) in [6.45, 7) is 1.75. The predicted molar refractivity (Wildman–Crippen MR) is 73.3 cm³/mol. The van der Waals surface area contributed by atoms with Gasteiger partial charge in [0.15, 0.2) is 0 Å². The lowest BCUT2D eigenvalue weighted by Gasteiger charge is -2.35. The van der Waals surface area contributed by atoms with Gasteiger partial charge in [0.05, 0.1) is 10.5 Å². The lowest BCUT2D eigenvalue weighted by Crippen LogP contribution is -2.51. The summed E-state index contributed by atoms with van der Waals surface area (Å²) in [4.78, 5) is 12.0. The molecule has 2 atom stereocenters. The molecule has 2 unspecified atom stereocenters. The van der Waals surface area contributed by atoms with E-state index in [2.05, 4.69) is 10.2 Å². The van der Waals surface area contributed by atoms with Crippen LogP contribution in [0.3, 0.4) is 0 Å². The minimum atomic E-state index is -4.59. The average molecular weight is 315 g/mol. The van der Waals surface area contributed by atoms with Crippen LogP contribution >= 0.6 is 0 Å².